The number of nitrogens with one attached hydrogen (secondary N) is 3. The lowest BCUT2D eigenvalue weighted by atomic mass is 10.2. The van der Waals surface area contributed by atoms with E-state index in [0.717, 1.165) is 39.1 Å². The van der Waals surface area contributed by atoms with Crippen LogP contribution < -0.4 is 25.4 Å². The van der Waals surface area contributed by atoms with E-state index in [-0.39, 0.29) is 24.5 Å². The van der Waals surface area contributed by atoms with Gasteiger partial charge in [0.1, 0.15) is 0 Å². The maximum absolute atomic E-state index is 12.4. The van der Waals surface area contributed by atoms with E-state index < -0.39 is 0 Å². The Bertz CT molecular complexity index is 645. The van der Waals surface area contributed by atoms with Gasteiger partial charge in [-0.2, -0.15) is 0 Å². The van der Waals surface area contributed by atoms with Crippen molar-refractivity contribution >= 4 is 11.8 Å². The maximum Gasteiger partial charge on any atom is 0.258 e. The van der Waals surface area contributed by atoms with E-state index in [9.17, 15) is 9.59 Å². The lowest BCUT2D eigenvalue weighted by Gasteiger charge is -2.27. The van der Waals surface area contributed by atoms with E-state index in [2.05, 4.69) is 20.9 Å². The Hall–Kier alpha value is -2.32. The van der Waals surface area contributed by atoms with Gasteiger partial charge in [0.2, 0.25) is 0 Å². The third-order valence-corrected chi connectivity index (χ3v) is 4.38. The predicted molar refractivity (Wildman–Crippen MR) is 108 cm³/mol. The summed E-state index contributed by atoms with van der Waals surface area (Å²) in [4.78, 5) is 26.5. The fourth-order valence-electron chi connectivity index (χ4n) is 2.98. The van der Waals surface area contributed by atoms with Gasteiger partial charge in [0.05, 0.1) is 7.11 Å². The fraction of sp³-hybridized carbons (Fsp3) is 0.600. The Balaban J connectivity index is 1.80. The van der Waals surface area contributed by atoms with Gasteiger partial charge in [0.15, 0.2) is 18.1 Å². The molecule has 0 saturated carbocycles. The van der Waals surface area contributed by atoms with Crippen molar-refractivity contribution in [3.8, 4) is 11.5 Å². The summed E-state index contributed by atoms with van der Waals surface area (Å²) in [5, 5.41) is 9.02. The van der Waals surface area contributed by atoms with Crippen LogP contribution in [0, 0.1) is 0 Å². The summed E-state index contributed by atoms with van der Waals surface area (Å²) in [5.74, 6) is 0.494. The number of ether oxygens (including phenoxy) is 2. The monoisotopic (exact) mass is 392 g/mol. The normalized spacial score (nSPS) is 14.6. The first kappa shape index (κ1) is 22.0. The molecule has 0 unspecified atom stereocenters. The number of rotatable bonds is 10. The van der Waals surface area contributed by atoms with Crippen LogP contribution in [0.3, 0.4) is 0 Å². The molecular formula is C20H32N4O4. The lowest BCUT2D eigenvalue weighted by Crippen LogP contribution is -2.44. The van der Waals surface area contributed by atoms with Crippen molar-refractivity contribution in [2.75, 3.05) is 53.0 Å². The highest BCUT2D eigenvalue weighted by atomic mass is 16.5. The molecule has 1 aliphatic rings. The molecule has 0 radical (unpaired) electrons. The van der Waals surface area contributed by atoms with E-state index in [1.54, 1.807) is 18.2 Å². The van der Waals surface area contributed by atoms with E-state index in [0.29, 0.717) is 23.6 Å². The Morgan fingerprint density at radius 2 is 1.96 bits per heavy atom. The summed E-state index contributed by atoms with van der Waals surface area (Å²) in [6.07, 6.45) is 0.912. The first-order valence-electron chi connectivity index (χ1n) is 9.81. The molecule has 2 rings (SSSR count). The predicted octanol–water partition coefficient (Wildman–Crippen LogP) is 0.624. The molecule has 1 saturated heterocycles. The van der Waals surface area contributed by atoms with Crippen LogP contribution in [0.1, 0.15) is 30.6 Å². The molecule has 1 aliphatic heterocycles. The molecule has 156 valence electrons. The molecule has 2 amide bonds. The van der Waals surface area contributed by atoms with Crippen LogP contribution >= 0.6 is 0 Å². The van der Waals surface area contributed by atoms with Gasteiger partial charge in [-0.3, -0.25) is 9.59 Å². The maximum atomic E-state index is 12.4. The molecule has 8 heteroatoms. The molecule has 1 aromatic carbocycles. The van der Waals surface area contributed by atoms with Gasteiger partial charge < -0.3 is 30.3 Å². The number of carbonyl (C=O) groups excluding carboxylic acids is 2. The average Bonchev–Trinajstić information content (AvgIpc) is 2.69. The Kier molecular flexibility index (Phi) is 9.03. The summed E-state index contributed by atoms with van der Waals surface area (Å²) in [6, 6.07) is 5.00. The Morgan fingerprint density at radius 1 is 1.21 bits per heavy atom. The van der Waals surface area contributed by atoms with Crippen LogP contribution in [0.4, 0.5) is 0 Å². The second kappa shape index (κ2) is 11.5. The fourth-order valence-corrected chi connectivity index (χ4v) is 2.98. The van der Waals surface area contributed by atoms with Crippen LogP contribution in [0.15, 0.2) is 18.2 Å². The van der Waals surface area contributed by atoms with Crippen molar-refractivity contribution < 1.29 is 19.1 Å². The van der Waals surface area contributed by atoms with Crippen molar-refractivity contribution in [2.24, 2.45) is 0 Å². The minimum atomic E-state index is -0.205. The van der Waals surface area contributed by atoms with E-state index in [4.69, 9.17) is 9.47 Å². The Morgan fingerprint density at radius 3 is 2.64 bits per heavy atom. The third kappa shape index (κ3) is 7.36. The largest absolute Gasteiger partial charge is 0.493 e. The third-order valence-electron chi connectivity index (χ3n) is 4.38. The molecule has 0 spiro atoms. The van der Waals surface area contributed by atoms with Gasteiger partial charge in [-0.1, -0.05) is 0 Å². The van der Waals surface area contributed by atoms with Gasteiger partial charge in [-0.25, -0.2) is 0 Å². The minimum absolute atomic E-state index is 0.0515. The van der Waals surface area contributed by atoms with Gasteiger partial charge in [-0.15, -0.1) is 0 Å². The van der Waals surface area contributed by atoms with E-state index >= 15 is 0 Å². The molecule has 1 fully saturated rings. The number of hydrogen-bond acceptors (Lipinski definition) is 6. The molecule has 28 heavy (non-hydrogen) atoms. The van der Waals surface area contributed by atoms with Crippen molar-refractivity contribution in [1.82, 2.24) is 20.9 Å². The van der Waals surface area contributed by atoms with Crippen molar-refractivity contribution in [3.05, 3.63) is 23.8 Å². The van der Waals surface area contributed by atoms with E-state index in [1.807, 2.05) is 13.8 Å². The lowest BCUT2D eigenvalue weighted by molar-refractivity contribution is -0.123. The quantitative estimate of drug-likeness (QED) is 0.506. The number of nitrogens with zero attached hydrogens (tertiary/aromatic N) is 1. The summed E-state index contributed by atoms with van der Waals surface area (Å²) >= 11 is 0. The van der Waals surface area contributed by atoms with Gasteiger partial charge in [0.25, 0.3) is 11.8 Å². The minimum Gasteiger partial charge on any atom is -0.493 e. The van der Waals surface area contributed by atoms with Crippen LogP contribution in [-0.4, -0.2) is 75.7 Å². The molecule has 0 bridgehead atoms. The smallest absolute Gasteiger partial charge is 0.258 e. The zero-order valence-electron chi connectivity index (χ0n) is 17.0. The van der Waals surface area contributed by atoms with Crippen LogP contribution in [-0.2, 0) is 4.79 Å². The van der Waals surface area contributed by atoms with Crippen molar-refractivity contribution in [1.29, 1.82) is 0 Å². The van der Waals surface area contributed by atoms with Crippen LogP contribution in [0.2, 0.25) is 0 Å². The number of benzene rings is 1. The number of amides is 2. The zero-order valence-corrected chi connectivity index (χ0v) is 17.0. The topological polar surface area (TPSA) is 91.9 Å². The summed E-state index contributed by atoms with van der Waals surface area (Å²) in [7, 11) is 1.51. The molecule has 1 heterocycles. The molecule has 1 aromatic rings. The Labute approximate surface area is 166 Å². The molecule has 0 aliphatic carbocycles. The van der Waals surface area contributed by atoms with Crippen LogP contribution in [0.5, 0.6) is 11.5 Å². The number of methoxy groups -OCH3 is 1. The summed E-state index contributed by atoms with van der Waals surface area (Å²) < 4.78 is 10.8. The average molecular weight is 393 g/mol. The van der Waals surface area contributed by atoms with Crippen molar-refractivity contribution in [3.63, 3.8) is 0 Å². The highest BCUT2D eigenvalue weighted by Gasteiger charge is 2.13. The standard InChI is InChI=1S/C20H32N4O4/c1-15(2)23-19(25)14-28-17-6-5-16(13-18(17)27-3)20(26)22-7-4-10-24-11-8-21-9-12-24/h5-6,13,15,21H,4,7-12,14H2,1-3H3,(H,22,26)(H,23,25). The number of carbonyl (C=O) groups is 2. The molecular weight excluding hydrogens is 360 g/mol. The SMILES string of the molecule is COc1cc(C(=O)NCCCN2CCNCC2)ccc1OCC(=O)NC(C)C. The second-order valence-electron chi connectivity index (χ2n) is 7.08. The number of hydrogen-bond donors (Lipinski definition) is 3. The highest BCUT2D eigenvalue weighted by molar-refractivity contribution is 5.94. The number of piperazine rings is 1. The molecule has 8 nitrogen and oxygen atoms in total. The highest BCUT2D eigenvalue weighted by Crippen LogP contribution is 2.28. The van der Waals surface area contributed by atoms with Crippen molar-refractivity contribution in [2.45, 2.75) is 26.3 Å². The van der Waals surface area contributed by atoms with Gasteiger partial charge >= 0.3 is 0 Å². The first-order valence-corrected chi connectivity index (χ1v) is 9.81. The van der Waals surface area contributed by atoms with Crippen LogP contribution in [0.25, 0.3) is 0 Å². The summed E-state index contributed by atoms with van der Waals surface area (Å²) in [5.41, 5.74) is 0.498. The summed E-state index contributed by atoms with van der Waals surface area (Å²) in [6.45, 7) is 9.44. The zero-order chi connectivity index (χ0) is 20.4. The van der Waals surface area contributed by atoms with Gasteiger partial charge in [0, 0.05) is 44.3 Å². The van der Waals surface area contributed by atoms with E-state index in [1.165, 1.54) is 7.11 Å². The second-order valence-corrected chi connectivity index (χ2v) is 7.08. The molecule has 3 N–H and O–H groups in total. The first-order chi connectivity index (χ1) is 13.5. The molecule has 0 aromatic heterocycles. The van der Waals surface area contributed by atoms with Gasteiger partial charge in [-0.05, 0) is 45.0 Å². The molecule has 0 atom stereocenters.